The zero-order valence-corrected chi connectivity index (χ0v) is 10.2. The van der Waals surface area contributed by atoms with Crippen molar-refractivity contribution in [3.05, 3.63) is 30.2 Å². The van der Waals surface area contributed by atoms with E-state index in [1.807, 2.05) is 0 Å². The van der Waals surface area contributed by atoms with Crippen LogP contribution in [0.15, 0.2) is 24.5 Å². The van der Waals surface area contributed by atoms with Gasteiger partial charge in [0.15, 0.2) is 5.69 Å². The predicted octanol–water partition coefficient (Wildman–Crippen LogP) is 0.456. The topological polar surface area (TPSA) is 119 Å². The van der Waals surface area contributed by atoms with Gasteiger partial charge in [0.25, 0.3) is 0 Å². The fraction of sp³-hybridized carbons (Fsp3) is 0.273. The Balaban J connectivity index is 1.88. The van der Waals surface area contributed by atoms with E-state index >= 15 is 0 Å². The van der Waals surface area contributed by atoms with Crippen molar-refractivity contribution in [1.29, 1.82) is 0 Å². The van der Waals surface area contributed by atoms with Gasteiger partial charge in [-0.3, -0.25) is 4.68 Å². The van der Waals surface area contributed by atoms with Crippen LogP contribution in [0.3, 0.4) is 0 Å². The van der Waals surface area contributed by atoms with Crippen LogP contribution in [-0.4, -0.2) is 37.6 Å². The van der Waals surface area contributed by atoms with Crippen LogP contribution in [0, 0.1) is 0 Å². The average Bonchev–Trinajstić information content (AvgIpc) is 2.89. The number of carbonyl (C=O) groups is 1. The molecule has 0 aliphatic heterocycles. The minimum Gasteiger partial charge on any atom is -0.477 e. The van der Waals surface area contributed by atoms with Crippen molar-refractivity contribution in [3.63, 3.8) is 0 Å². The zero-order chi connectivity index (χ0) is 13.7. The van der Waals surface area contributed by atoms with E-state index in [4.69, 9.17) is 10.8 Å². The van der Waals surface area contributed by atoms with Gasteiger partial charge in [-0.2, -0.15) is 0 Å². The Morgan fingerprint density at radius 1 is 1.47 bits per heavy atom. The quantitative estimate of drug-likeness (QED) is 0.647. The van der Waals surface area contributed by atoms with E-state index in [0.717, 1.165) is 6.42 Å². The van der Waals surface area contributed by atoms with Crippen molar-refractivity contribution in [3.8, 4) is 0 Å². The molecule has 0 bridgehead atoms. The monoisotopic (exact) mass is 262 g/mol. The van der Waals surface area contributed by atoms with Gasteiger partial charge in [-0.1, -0.05) is 5.21 Å². The van der Waals surface area contributed by atoms with Crippen molar-refractivity contribution >= 4 is 17.5 Å². The number of nitrogens with two attached hydrogens (primary N) is 1. The predicted molar refractivity (Wildman–Crippen MR) is 68.7 cm³/mol. The Morgan fingerprint density at radius 2 is 2.32 bits per heavy atom. The third-order valence-corrected chi connectivity index (χ3v) is 2.47. The number of aromatic nitrogens is 4. The molecule has 0 fully saturated rings. The summed E-state index contributed by atoms with van der Waals surface area (Å²) in [6.07, 6.45) is 4.18. The fourth-order valence-electron chi connectivity index (χ4n) is 1.53. The lowest BCUT2D eigenvalue weighted by Gasteiger charge is -2.08. The minimum atomic E-state index is -1.08. The molecule has 0 amide bonds. The highest BCUT2D eigenvalue weighted by Gasteiger charge is 2.08. The van der Waals surface area contributed by atoms with Gasteiger partial charge in [-0.25, -0.2) is 9.78 Å². The number of carboxylic acids is 1. The second-order valence-electron chi connectivity index (χ2n) is 3.89. The number of pyridine rings is 1. The summed E-state index contributed by atoms with van der Waals surface area (Å²) in [6, 6.07) is 2.90. The molecule has 0 saturated heterocycles. The molecule has 0 aliphatic carbocycles. The van der Waals surface area contributed by atoms with Crippen molar-refractivity contribution in [1.82, 2.24) is 20.0 Å². The molecule has 0 radical (unpaired) electrons. The first-order valence-electron chi connectivity index (χ1n) is 5.74. The highest BCUT2D eigenvalue weighted by Crippen LogP contribution is 2.15. The normalized spacial score (nSPS) is 10.3. The number of rotatable bonds is 6. The first-order chi connectivity index (χ1) is 9.16. The van der Waals surface area contributed by atoms with Crippen LogP contribution < -0.4 is 11.1 Å². The molecule has 2 rings (SSSR count). The Labute approximate surface area is 109 Å². The van der Waals surface area contributed by atoms with Crippen LogP contribution in [0.5, 0.6) is 0 Å². The van der Waals surface area contributed by atoms with E-state index in [1.165, 1.54) is 12.1 Å². The van der Waals surface area contributed by atoms with Crippen molar-refractivity contribution in [2.75, 3.05) is 17.6 Å². The summed E-state index contributed by atoms with van der Waals surface area (Å²) in [5.41, 5.74) is 6.11. The van der Waals surface area contributed by atoms with E-state index in [9.17, 15) is 4.79 Å². The zero-order valence-electron chi connectivity index (χ0n) is 10.2. The van der Waals surface area contributed by atoms with E-state index < -0.39 is 5.97 Å². The Morgan fingerprint density at radius 3 is 3.00 bits per heavy atom. The Hall–Kier alpha value is -2.64. The summed E-state index contributed by atoms with van der Waals surface area (Å²) in [5.74, 6) is -0.691. The molecule has 2 heterocycles. The van der Waals surface area contributed by atoms with Gasteiger partial charge in [0, 0.05) is 19.3 Å². The lowest BCUT2D eigenvalue weighted by atomic mass is 10.3. The van der Waals surface area contributed by atoms with Crippen molar-refractivity contribution in [2.24, 2.45) is 0 Å². The Kier molecular flexibility index (Phi) is 3.91. The highest BCUT2D eigenvalue weighted by molar-refractivity contribution is 5.86. The van der Waals surface area contributed by atoms with E-state index in [0.29, 0.717) is 24.6 Å². The maximum Gasteiger partial charge on any atom is 0.354 e. The van der Waals surface area contributed by atoms with Crippen LogP contribution in [-0.2, 0) is 6.54 Å². The molecule has 4 N–H and O–H groups in total. The van der Waals surface area contributed by atoms with E-state index in [-0.39, 0.29) is 5.69 Å². The van der Waals surface area contributed by atoms with Gasteiger partial charge >= 0.3 is 5.97 Å². The first-order valence-corrected chi connectivity index (χ1v) is 5.74. The maximum atomic E-state index is 10.8. The summed E-state index contributed by atoms with van der Waals surface area (Å²) < 4.78 is 1.71. The second kappa shape index (κ2) is 5.80. The number of hydrogen-bond acceptors (Lipinski definition) is 6. The smallest absolute Gasteiger partial charge is 0.354 e. The number of nitrogens with zero attached hydrogens (tertiary/aromatic N) is 4. The number of nitrogen functional groups attached to an aromatic ring is 1. The van der Waals surface area contributed by atoms with E-state index in [1.54, 1.807) is 17.1 Å². The molecule has 0 aliphatic rings. The number of aryl methyl sites for hydroxylation is 1. The van der Waals surface area contributed by atoms with Gasteiger partial charge in [0.2, 0.25) is 0 Å². The van der Waals surface area contributed by atoms with Crippen LogP contribution in [0.4, 0.5) is 11.5 Å². The summed E-state index contributed by atoms with van der Waals surface area (Å²) in [7, 11) is 0. The molecule has 0 unspecified atom stereocenters. The summed E-state index contributed by atoms with van der Waals surface area (Å²) >= 11 is 0. The molecule has 19 heavy (non-hydrogen) atoms. The van der Waals surface area contributed by atoms with Crippen LogP contribution in [0.2, 0.25) is 0 Å². The van der Waals surface area contributed by atoms with Crippen molar-refractivity contribution < 1.29 is 9.90 Å². The summed E-state index contributed by atoms with van der Waals surface area (Å²) in [6.45, 7) is 1.33. The van der Waals surface area contributed by atoms with Crippen LogP contribution in [0.1, 0.15) is 16.9 Å². The number of anilines is 2. The molecule has 0 spiro atoms. The number of aromatic carboxylic acids is 1. The lowest BCUT2D eigenvalue weighted by molar-refractivity contribution is 0.0690. The Bertz CT molecular complexity index is 554. The largest absolute Gasteiger partial charge is 0.477 e. The summed E-state index contributed by atoms with van der Waals surface area (Å²) in [4.78, 5) is 14.7. The molecular weight excluding hydrogens is 248 g/mol. The molecule has 2 aromatic heterocycles. The SMILES string of the molecule is Nc1ccc(C(=O)O)nc1NCCCn1ccnn1. The number of hydrogen-bond donors (Lipinski definition) is 3. The van der Waals surface area contributed by atoms with E-state index in [2.05, 4.69) is 20.6 Å². The molecule has 8 heteroatoms. The third kappa shape index (κ3) is 3.41. The van der Waals surface area contributed by atoms with Gasteiger partial charge in [-0.15, -0.1) is 5.10 Å². The highest BCUT2D eigenvalue weighted by atomic mass is 16.4. The van der Waals surface area contributed by atoms with Crippen molar-refractivity contribution in [2.45, 2.75) is 13.0 Å². The summed E-state index contributed by atoms with van der Waals surface area (Å²) in [5, 5.41) is 19.4. The fourth-order valence-corrected chi connectivity index (χ4v) is 1.53. The van der Waals surface area contributed by atoms with Gasteiger partial charge < -0.3 is 16.2 Å². The minimum absolute atomic E-state index is 0.0343. The standard InChI is InChI=1S/C11H14N6O2/c12-8-2-3-9(11(18)19)15-10(8)13-4-1-6-17-7-5-14-16-17/h2-3,5,7H,1,4,6,12H2,(H,13,15)(H,18,19). The lowest BCUT2D eigenvalue weighted by Crippen LogP contribution is -2.11. The van der Waals surface area contributed by atoms with Crippen LogP contribution >= 0.6 is 0 Å². The molecular formula is C11H14N6O2. The number of carboxylic acid groups (broad SMARTS) is 1. The first kappa shape index (κ1) is 12.8. The molecule has 0 saturated carbocycles. The van der Waals surface area contributed by atoms with Crippen LogP contribution in [0.25, 0.3) is 0 Å². The molecule has 8 nitrogen and oxygen atoms in total. The molecule has 2 aromatic rings. The van der Waals surface area contributed by atoms with Gasteiger partial charge in [0.05, 0.1) is 11.9 Å². The molecule has 0 aromatic carbocycles. The third-order valence-electron chi connectivity index (χ3n) is 2.47. The second-order valence-corrected chi connectivity index (χ2v) is 3.89. The van der Waals surface area contributed by atoms with Gasteiger partial charge in [0.1, 0.15) is 5.82 Å². The van der Waals surface area contributed by atoms with Gasteiger partial charge in [-0.05, 0) is 18.6 Å². The average molecular weight is 262 g/mol. The maximum absolute atomic E-state index is 10.8. The molecule has 100 valence electrons. The molecule has 0 atom stereocenters. The number of nitrogens with one attached hydrogen (secondary N) is 1.